The third-order valence-electron chi connectivity index (χ3n) is 3.02. The fourth-order valence-corrected chi connectivity index (χ4v) is 2.59. The molecular formula is C14H20ClNO2S. The standard InChI is InChI=1S/C14H20ClNO2S/c1-9(8-17)10(2)16-14(18)11(3)19-13-7-5-4-6-12(13)15/h4-7,9-11,17H,8H2,1-3H3,(H,16,18). The van der Waals surface area contributed by atoms with Gasteiger partial charge in [-0.1, -0.05) is 30.7 Å². The van der Waals surface area contributed by atoms with Gasteiger partial charge in [0.15, 0.2) is 0 Å². The van der Waals surface area contributed by atoms with Gasteiger partial charge in [-0.05, 0) is 31.9 Å². The molecule has 1 aromatic rings. The molecular weight excluding hydrogens is 282 g/mol. The number of amides is 1. The molecule has 0 radical (unpaired) electrons. The summed E-state index contributed by atoms with van der Waals surface area (Å²) in [6.45, 7) is 5.70. The molecule has 1 amide bonds. The summed E-state index contributed by atoms with van der Waals surface area (Å²) < 4.78 is 0. The Bertz CT molecular complexity index is 428. The fourth-order valence-electron chi connectivity index (χ4n) is 1.43. The van der Waals surface area contributed by atoms with Gasteiger partial charge < -0.3 is 10.4 Å². The monoisotopic (exact) mass is 301 g/mol. The van der Waals surface area contributed by atoms with Crippen LogP contribution in [0.1, 0.15) is 20.8 Å². The van der Waals surface area contributed by atoms with Crippen LogP contribution in [0.2, 0.25) is 5.02 Å². The van der Waals surface area contributed by atoms with Crippen molar-refractivity contribution in [1.29, 1.82) is 0 Å². The first-order valence-corrected chi connectivity index (χ1v) is 7.54. The van der Waals surface area contributed by atoms with E-state index in [-0.39, 0.29) is 29.7 Å². The third-order valence-corrected chi connectivity index (χ3v) is 4.64. The van der Waals surface area contributed by atoms with E-state index >= 15 is 0 Å². The minimum atomic E-state index is -0.228. The summed E-state index contributed by atoms with van der Waals surface area (Å²) >= 11 is 7.50. The Morgan fingerprint density at radius 1 is 1.37 bits per heavy atom. The third kappa shape index (κ3) is 5.05. The summed E-state index contributed by atoms with van der Waals surface area (Å²) in [6.07, 6.45) is 0. The van der Waals surface area contributed by atoms with E-state index in [4.69, 9.17) is 16.7 Å². The Labute approximate surface area is 123 Å². The zero-order valence-corrected chi connectivity index (χ0v) is 13.0. The predicted molar refractivity (Wildman–Crippen MR) is 80.6 cm³/mol. The molecule has 0 saturated heterocycles. The van der Waals surface area contributed by atoms with Gasteiger partial charge in [0.2, 0.25) is 5.91 Å². The van der Waals surface area contributed by atoms with Gasteiger partial charge in [-0.25, -0.2) is 0 Å². The van der Waals surface area contributed by atoms with Gasteiger partial charge in [0.25, 0.3) is 0 Å². The molecule has 1 rings (SSSR count). The Morgan fingerprint density at radius 2 is 2.00 bits per heavy atom. The average molecular weight is 302 g/mol. The summed E-state index contributed by atoms with van der Waals surface area (Å²) in [5.74, 6) is -0.000757. The molecule has 3 nitrogen and oxygen atoms in total. The van der Waals surface area contributed by atoms with E-state index < -0.39 is 0 Å². The van der Waals surface area contributed by atoms with Gasteiger partial charge in [0, 0.05) is 17.5 Å². The highest BCUT2D eigenvalue weighted by atomic mass is 35.5. The lowest BCUT2D eigenvalue weighted by molar-refractivity contribution is -0.121. The van der Waals surface area contributed by atoms with Crippen LogP contribution in [0.15, 0.2) is 29.2 Å². The second-order valence-electron chi connectivity index (χ2n) is 4.65. The Morgan fingerprint density at radius 3 is 2.58 bits per heavy atom. The van der Waals surface area contributed by atoms with Crippen LogP contribution < -0.4 is 5.32 Å². The van der Waals surface area contributed by atoms with Crippen molar-refractivity contribution in [2.75, 3.05) is 6.61 Å². The van der Waals surface area contributed by atoms with E-state index in [1.807, 2.05) is 45.0 Å². The normalized spacial score (nSPS) is 15.6. The van der Waals surface area contributed by atoms with Crippen LogP contribution in [-0.2, 0) is 4.79 Å². The van der Waals surface area contributed by atoms with Crippen molar-refractivity contribution in [2.45, 2.75) is 37.0 Å². The molecule has 0 aliphatic carbocycles. The van der Waals surface area contributed by atoms with Gasteiger partial charge in [0.05, 0.1) is 10.3 Å². The number of carbonyl (C=O) groups is 1. The van der Waals surface area contributed by atoms with Crippen molar-refractivity contribution in [3.63, 3.8) is 0 Å². The zero-order chi connectivity index (χ0) is 14.4. The molecule has 0 fully saturated rings. The number of benzene rings is 1. The number of aliphatic hydroxyl groups is 1. The molecule has 5 heteroatoms. The molecule has 106 valence electrons. The number of carbonyl (C=O) groups excluding carboxylic acids is 1. The maximum Gasteiger partial charge on any atom is 0.233 e. The SMILES string of the molecule is CC(Sc1ccccc1Cl)C(=O)NC(C)C(C)CO. The van der Waals surface area contributed by atoms with Crippen LogP contribution in [-0.4, -0.2) is 28.9 Å². The Kier molecular flexibility index (Phi) is 6.69. The highest BCUT2D eigenvalue weighted by Gasteiger charge is 2.19. The van der Waals surface area contributed by atoms with Gasteiger partial charge in [0.1, 0.15) is 0 Å². The minimum absolute atomic E-state index is 0.0430. The number of hydrogen-bond donors (Lipinski definition) is 2. The van der Waals surface area contributed by atoms with E-state index in [1.54, 1.807) is 0 Å². The Balaban J connectivity index is 2.56. The van der Waals surface area contributed by atoms with Crippen LogP contribution in [0.4, 0.5) is 0 Å². The fraction of sp³-hybridized carbons (Fsp3) is 0.500. The second-order valence-corrected chi connectivity index (χ2v) is 6.44. The number of rotatable bonds is 6. The minimum Gasteiger partial charge on any atom is -0.396 e. The van der Waals surface area contributed by atoms with Crippen LogP contribution >= 0.6 is 23.4 Å². The van der Waals surface area contributed by atoms with Crippen molar-refractivity contribution in [3.8, 4) is 0 Å². The lowest BCUT2D eigenvalue weighted by Crippen LogP contribution is -2.41. The van der Waals surface area contributed by atoms with Gasteiger partial charge in [-0.3, -0.25) is 4.79 Å². The molecule has 0 bridgehead atoms. The van der Waals surface area contributed by atoms with Crippen molar-refractivity contribution in [2.24, 2.45) is 5.92 Å². The van der Waals surface area contributed by atoms with Crippen molar-refractivity contribution >= 4 is 29.3 Å². The number of halogens is 1. The molecule has 1 aromatic carbocycles. The summed E-state index contributed by atoms with van der Waals surface area (Å²) in [7, 11) is 0. The first-order valence-electron chi connectivity index (χ1n) is 6.28. The molecule has 0 saturated carbocycles. The van der Waals surface area contributed by atoms with Gasteiger partial charge in [-0.15, -0.1) is 11.8 Å². The molecule has 0 aliphatic rings. The number of nitrogens with one attached hydrogen (secondary N) is 1. The van der Waals surface area contributed by atoms with Crippen molar-refractivity contribution < 1.29 is 9.90 Å². The molecule has 2 N–H and O–H groups in total. The van der Waals surface area contributed by atoms with Crippen LogP contribution in [0.3, 0.4) is 0 Å². The quantitative estimate of drug-likeness (QED) is 0.794. The van der Waals surface area contributed by atoms with E-state index in [0.717, 1.165) is 4.90 Å². The van der Waals surface area contributed by atoms with E-state index in [0.29, 0.717) is 5.02 Å². The summed E-state index contributed by atoms with van der Waals surface area (Å²) in [4.78, 5) is 12.9. The van der Waals surface area contributed by atoms with Gasteiger partial charge in [-0.2, -0.15) is 0 Å². The van der Waals surface area contributed by atoms with Crippen LogP contribution in [0.25, 0.3) is 0 Å². The average Bonchev–Trinajstić information content (AvgIpc) is 2.40. The molecule has 0 aliphatic heterocycles. The highest BCUT2D eigenvalue weighted by molar-refractivity contribution is 8.00. The first kappa shape index (κ1) is 16.3. The van der Waals surface area contributed by atoms with Gasteiger partial charge >= 0.3 is 0 Å². The lowest BCUT2D eigenvalue weighted by atomic mass is 10.1. The summed E-state index contributed by atoms with van der Waals surface area (Å²) in [6, 6.07) is 7.42. The highest BCUT2D eigenvalue weighted by Crippen LogP contribution is 2.30. The Hall–Kier alpha value is -0.710. The maximum absolute atomic E-state index is 12.0. The van der Waals surface area contributed by atoms with Crippen molar-refractivity contribution in [3.05, 3.63) is 29.3 Å². The summed E-state index contributed by atoms with van der Waals surface area (Å²) in [5.41, 5.74) is 0. The van der Waals surface area contributed by atoms with Crippen LogP contribution in [0.5, 0.6) is 0 Å². The first-order chi connectivity index (χ1) is 8.95. The number of hydrogen-bond acceptors (Lipinski definition) is 3. The van der Waals surface area contributed by atoms with E-state index in [1.165, 1.54) is 11.8 Å². The smallest absolute Gasteiger partial charge is 0.233 e. The topological polar surface area (TPSA) is 49.3 Å². The maximum atomic E-state index is 12.0. The second kappa shape index (κ2) is 7.78. The molecule has 3 unspecified atom stereocenters. The molecule has 3 atom stereocenters. The lowest BCUT2D eigenvalue weighted by Gasteiger charge is -2.21. The van der Waals surface area contributed by atoms with Crippen LogP contribution in [0, 0.1) is 5.92 Å². The molecule has 19 heavy (non-hydrogen) atoms. The largest absolute Gasteiger partial charge is 0.396 e. The van der Waals surface area contributed by atoms with E-state index in [9.17, 15) is 4.79 Å². The molecule has 0 aromatic heterocycles. The zero-order valence-electron chi connectivity index (χ0n) is 11.4. The summed E-state index contributed by atoms with van der Waals surface area (Å²) in [5, 5.41) is 12.4. The number of aliphatic hydroxyl groups excluding tert-OH is 1. The van der Waals surface area contributed by atoms with Crippen molar-refractivity contribution in [1.82, 2.24) is 5.32 Å². The molecule has 0 heterocycles. The molecule has 0 spiro atoms. The predicted octanol–water partition coefficient (Wildman–Crippen LogP) is 2.95. The number of thioether (sulfide) groups is 1. The van der Waals surface area contributed by atoms with E-state index in [2.05, 4.69) is 5.32 Å².